The lowest BCUT2D eigenvalue weighted by Gasteiger charge is -2.04. The highest BCUT2D eigenvalue weighted by Gasteiger charge is 2.17. The van der Waals surface area contributed by atoms with Crippen molar-refractivity contribution in [2.45, 2.75) is 0 Å². The normalized spacial score (nSPS) is 14.3. The lowest BCUT2D eigenvalue weighted by atomic mass is 10.1. The summed E-state index contributed by atoms with van der Waals surface area (Å²) in [6.45, 7) is 0. The van der Waals surface area contributed by atoms with Crippen LogP contribution in [0.3, 0.4) is 0 Å². The maximum Gasteiger partial charge on any atom is 0.275 e. The number of aromatic amines is 1. The zero-order chi connectivity index (χ0) is 16.7. The molecule has 0 bridgehead atoms. The molecule has 0 saturated heterocycles. The predicted molar refractivity (Wildman–Crippen MR) is 90.5 cm³/mol. The van der Waals surface area contributed by atoms with Gasteiger partial charge in [-0.05, 0) is 36.4 Å². The van der Waals surface area contributed by atoms with E-state index < -0.39 is 11.4 Å². The lowest BCUT2D eigenvalue weighted by Crippen LogP contribution is -2.05. The number of hydrogen-bond donors (Lipinski definition) is 2. The molecule has 6 heteroatoms. The van der Waals surface area contributed by atoms with Crippen LogP contribution in [0.1, 0.15) is 11.1 Å². The molecule has 2 heterocycles. The van der Waals surface area contributed by atoms with Crippen LogP contribution in [-0.2, 0) is 0 Å². The highest BCUT2D eigenvalue weighted by atomic mass is 19.1. The van der Waals surface area contributed by atoms with Crippen molar-refractivity contribution >= 4 is 23.6 Å². The van der Waals surface area contributed by atoms with Crippen LogP contribution in [0.2, 0.25) is 0 Å². The van der Waals surface area contributed by atoms with Crippen LogP contribution in [0.15, 0.2) is 58.3 Å². The molecule has 2 N–H and O–H groups in total. The second-order valence-corrected chi connectivity index (χ2v) is 5.37. The van der Waals surface area contributed by atoms with Gasteiger partial charge in [-0.3, -0.25) is 14.9 Å². The van der Waals surface area contributed by atoms with Crippen molar-refractivity contribution in [2.75, 3.05) is 0 Å². The van der Waals surface area contributed by atoms with Gasteiger partial charge >= 0.3 is 0 Å². The number of nitrogens with zero attached hydrogens (tertiary/aromatic N) is 2. The Balaban J connectivity index is 1.81. The van der Waals surface area contributed by atoms with E-state index in [4.69, 9.17) is 0 Å². The van der Waals surface area contributed by atoms with Gasteiger partial charge in [0.15, 0.2) is 0 Å². The lowest BCUT2D eigenvalue weighted by molar-refractivity contribution is 0.432. The van der Waals surface area contributed by atoms with E-state index in [-0.39, 0.29) is 11.4 Å². The predicted octanol–water partition coefficient (Wildman–Crippen LogP) is 3.27. The van der Waals surface area contributed by atoms with E-state index in [1.165, 1.54) is 28.9 Å². The molecule has 0 unspecified atom stereocenters. The van der Waals surface area contributed by atoms with Crippen molar-refractivity contribution in [1.82, 2.24) is 9.78 Å². The van der Waals surface area contributed by atoms with Crippen LogP contribution in [0.25, 0.3) is 17.3 Å². The summed E-state index contributed by atoms with van der Waals surface area (Å²) in [6, 6.07) is 13.0. The standard InChI is InChI=1S/C18H12FN3O2/c19-12-5-7-13(8-6-12)22-18(24)15(17(23)21-22)9-11-10-20-16-4-2-1-3-14(11)16/h1-10,24H,(H,21,23). The fourth-order valence-electron chi connectivity index (χ4n) is 2.65. The van der Waals surface area contributed by atoms with Crippen LogP contribution >= 0.6 is 0 Å². The topological polar surface area (TPSA) is 70.4 Å². The Morgan fingerprint density at radius 1 is 1.12 bits per heavy atom. The van der Waals surface area contributed by atoms with Crippen molar-refractivity contribution in [3.63, 3.8) is 0 Å². The third-order valence-corrected chi connectivity index (χ3v) is 3.85. The molecular weight excluding hydrogens is 309 g/mol. The quantitative estimate of drug-likeness (QED) is 0.760. The smallest absolute Gasteiger partial charge is 0.275 e. The van der Waals surface area contributed by atoms with Gasteiger partial charge in [0.2, 0.25) is 5.88 Å². The average Bonchev–Trinajstić information content (AvgIpc) is 3.12. The van der Waals surface area contributed by atoms with Crippen molar-refractivity contribution in [1.29, 1.82) is 0 Å². The first-order valence-electron chi connectivity index (χ1n) is 7.28. The van der Waals surface area contributed by atoms with Gasteiger partial charge in [-0.25, -0.2) is 9.07 Å². The number of allylic oxidation sites excluding steroid dienone is 1. The molecule has 3 aromatic rings. The molecule has 0 aliphatic carbocycles. The summed E-state index contributed by atoms with van der Waals surface area (Å²) in [7, 11) is 0. The Hall–Kier alpha value is -3.41. The first-order valence-corrected chi connectivity index (χ1v) is 7.28. The number of halogens is 1. The van der Waals surface area contributed by atoms with Gasteiger partial charge in [-0.2, -0.15) is 0 Å². The van der Waals surface area contributed by atoms with E-state index in [0.29, 0.717) is 5.69 Å². The molecule has 0 spiro atoms. The number of aromatic hydroxyl groups is 1. The number of H-pyrrole nitrogens is 1. The minimum absolute atomic E-state index is 0.123. The first kappa shape index (κ1) is 14.2. The van der Waals surface area contributed by atoms with Crippen LogP contribution < -0.4 is 5.56 Å². The first-order chi connectivity index (χ1) is 11.6. The highest BCUT2D eigenvalue weighted by Crippen LogP contribution is 2.33. The summed E-state index contributed by atoms with van der Waals surface area (Å²) in [4.78, 5) is 16.5. The minimum Gasteiger partial charge on any atom is -0.493 e. The second-order valence-electron chi connectivity index (χ2n) is 5.37. The van der Waals surface area contributed by atoms with E-state index >= 15 is 0 Å². The molecule has 0 radical (unpaired) electrons. The Morgan fingerprint density at radius 2 is 1.88 bits per heavy atom. The number of nitrogens with one attached hydrogen (secondary N) is 1. The number of hydrogen-bond acceptors (Lipinski definition) is 3. The molecule has 4 rings (SSSR count). The summed E-state index contributed by atoms with van der Waals surface area (Å²) in [5.41, 5.74) is 2.59. The van der Waals surface area contributed by atoms with E-state index in [0.717, 1.165) is 16.8 Å². The van der Waals surface area contributed by atoms with Crippen molar-refractivity contribution in [3.05, 3.63) is 75.8 Å². The number of para-hydroxylation sites is 1. The van der Waals surface area contributed by atoms with Gasteiger partial charge in [0.05, 0.1) is 11.4 Å². The molecule has 118 valence electrons. The van der Waals surface area contributed by atoms with Gasteiger partial charge in [0.1, 0.15) is 11.4 Å². The molecular formula is C18H12FN3O2. The van der Waals surface area contributed by atoms with Crippen LogP contribution in [0.4, 0.5) is 10.1 Å². The Bertz CT molecular complexity index is 1040. The number of rotatable bonds is 2. The van der Waals surface area contributed by atoms with E-state index in [1.54, 1.807) is 12.3 Å². The van der Waals surface area contributed by atoms with Crippen molar-refractivity contribution < 1.29 is 9.50 Å². The van der Waals surface area contributed by atoms with Gasteiger partial charge in [0, 0.05) is 17.4 Å². The van der Waals surface area contributed by atoms with E-state index in [9.17, 15) is 14.3 Å². The van der Waals surface area contributed by atoms with E-state index in [2.05, 4.69) is 10.1 Å². The summed E-state index contributed by atoms with van der Waals surface area (Å²) >= 11 is 0. The molecule has 5 nitrogen and oxygen atoms in total. The average molecular weight is 321 g/mol. The minimum atomic E-state index is -0.442. The number of aromatic nitrogens is 2. The maximum absolute atomic E-state index is 13.0. The second kappa shape index (κ2) is 5.34. The summed E-state index contributed by atoms with van der Waals surface area (Å²) < 4.78 is 14.2. The third-order valence-electron chi connectivity index (χ3n) is 3.85. The summed E-state index contributed by atoms with van der Waals surface area (Å²) in [5.74, 6) is -0.634. The van der Waals surface area contributed by atoms with Gasteiger partial charge in [-0.15, -0.1) is 0 Å². The largest absolute Gasteiger partial charge is 0.493 e. The summed E-state index contributed by atoms with van der Waals surface area (Å²) in [5, 5.41) is 12.9. The fourth-order valence-corrected chi connectivity index (χ4v) is 2.65. The van der Waals surface area contributed by atoms with Crippen molar-refractivity contribution in [3.8, 4) is 11.6 Å². The van der Waals surface area contributed by atoms with Gasteiger partial charge < -0.3 is 5.11 Å². The highest BCUT2D eigenvalue weighted by molar-refractivity contribution is 6.21. The molecule has 2 aromatic carbocycles. The zero-order valence-electron chi connectivity index (χ0n) is 12.4. The molecule has 0 amide bonds. The number of fused-ring (bicyclic) bond motifs is 1. The number of benzene rings is 2. The molecule has 0 saturated carbocycles. The van der Waals surface area contributed by atoms with Crippen LogP contribution in [0.5, 0.6) is 5.88 Å². The molecule has 0 atom stereocenters. The SMILES string of the molecule is O=c1[nH]n(-c2ccc(F)cc2)c(O)c1C=C1C=Nc2ccccc21. The van der Waals surface area contributed by atoms with Crippen LogP contribution in [0, 0.1) is 5.82 Å². The maximum atomic E-state index is 13.0. The summed E-state index contributed by atoms with van der Waals surface area (Å²) in [6.07, 6.45) is 3.24. The fraction of sp³-hybridized carbons (Fsp3) is 0. The van der Waals surface area contributed by atoms with Crippen molar-refractivity contribution in [2.24, 2.45) is 4.99 Å². The van der Waals surface area contributed by atoms with Crippen LogP contribution in [-0.4, -0.2) is 21.1 Å². The molecule has 0 fully saturated rings. The van der Waals surface area contributed by atoms with E-state index in [1.807, 2.05) is 24.3 Å². The molecule has 1 aliphatic rings. The Kier molecular flexibility index (Phi) is 3.16. The van der Waals surface area contributed by atoms with Gasteiger partial charge in [0.25, 0.3) is 5.56 Å². The monoisotopic (exact) mass is 321 g/mol. The number of aliphatic imine (C=N–C) groups is 1. The Morgan fingerprint density at radius 3 is 2.67 bits per heavy atom. The third kappa shape index (κ3) is 2.25. The van der Waals surface area contributed by atoms with Gasteiger partial charge in [-0.1, -0.05) is 18.2 Å². The zero-order valence-corrected chi connectivity index (χ0v) is 12.4. The molecule has 24 heavy (non-hydrogen) atoms. The Labute approximate surface area is 136 Å². The molecule has 1 aromatic heterocycles. The molecule has 1 aliphatic heterocycles.